The first kappa shape index (κ1) is 23.1. The molecule has 3 heteroatoms. The Morgan fingerprint density at radius 3 is 2.30 bits per heavy atom. The number of hydrogen-bond acceptors (Lipinski definition) is 3. The van der Waals surface area contributed by atoms with Crippen molar-refractivity contribution < 1.29 is 15.3 Å². The summed E-state index contributed by atoms with van der Waals surface area (Å²) in [6, 6.07) is 0. The molecule has 4 saturated carbocycles. The molecule has 4 rings (SSSR count). The molecule has 0 spiro atoms. The van der Waals surface area contributed by atoms with E-state index >= 15 is 0 Å². The maximum absolute atomic E-state index is 11.6. The smallest absolute Gasteiger partial charge is 0.0602 e. The number of fused-ring (bicyclic) bond motifs is 5. The molecule has 174 valence electrons. The minimum Gasteiger partial charge on any atom is -0.393 e. The molecule has 9 unspecified atom stereocenters. The predicted molar refractivity (Wildman–Crippen MR) is 122 cm³/mol. The first-order chi connectivity index (χ1) is 13.9. The SMILES string of the molecule is CC(CCC(C)(C)C)C1CCC2C3C(O)CC4CC(O)CC[C@]4(C)C3CC(O)[C@]12C. The zero-order valence-corrected chi connectivity index (χ0v) is 20.4. The third-order valence-corrected chi connectivity index (χ3v) is 10.9. The molecule has 4 fully saturated rings. The Kier molecular flexibility index (Phi) is 5.94. The molecule has 0 saturated heterocycles. The zero-order valence-electron chi connectivity index (χ0n) is 20.4. The molecule has 0 heterocycles. The lowest BCUT2D eigenvalue weighted by Crippen LogP contribution is -2.62. The van der Waals surface area contributed by atoms with E-state index in [0.29, 0.717) is 40.9 Å². The maximum Gasteiger partial charge on any atom is 0.0602 e. The van der Waals surface area contributed by atoms with Crippen LogP contribution in [0.25, 0.3) is 0 Å². The van der Waals surface area contributed by atoms with Crippen molar-refractivity contribution in [1.82, 2.24) is 0 Å². The molecular weight excluding hydrogens is 372 g/mol. The van der Waals surface area contributed by atoms with Gasteiger partial charge in [0.15, 0.2) is 0 Å². The Morgan fingerprint density at radius 1 is 0.933 bits per heavy atom. The van der Waals surface area contributed by atoms with Crippen molar-refractivity contribution in [3.8, 4) is 0 Å². The van der Waals surface area contributed by atoms with Crippen molar-refractivity contribution in [1.29, 1.82) is 0 Å². The lowest BCUT2D eigenvalue weighted by atomic mass is 9.43. The Labute approximate surface area is 185 Å². The Hall–Kier alpha value is -0.120. The van der Waals surface area contributed by atoms with Gasteiger partial charge in [0.25, 0.3) is 0 Å². The highest BCUT2D eigenvalue weighted by atomic mass is 16.3. The average Bonchev–Trinajstić information content (AvgIpc) is 3.00. The van der Waals surface area contributed by atoms with Crippen molar-refractivity contribution in [3.63, 3.8) is 0 Å². The molecule has 4 aliphatic carbocycles. The monoisotopic (exact) mass is 420 g/mol. The maximum atomic E-state index is 11.6. The molecule has 4 aliphatic rings. The summed E-state index contributed by atoms with van der Waals surface area (Å²) in [6.07, 6.45) is 8.58. The predicted octanol–water partition coefficient (Wildman–Crippen LogP) is 5.41. The molecule has 0 aromatic rings. The molecule has 11 atom stereocenters. The third kappa shape index (κ3) is 3.59. The van der Waals surface area contributed by atoms with Crippen LogP contribution in [0, 0.1) is 51.8 Å². The highest BCUT2D eigenvalue weighted by Gasteiger charge is 2.65. The highest BCUT2D eigenvalue weighted by Crippen LogP contribution is 2.68. The van der Waals surface area contributed by atoms with Crippen LogP contribution >= 0.6 is 0 Å². The first-order valence-electron chi connectivity index (χ1n) is 12.9. The normalized spacial score (nSPS) is 52.3. The minimum atomic E-state index is -0.265. The number of rotatable bonds is 3. The summed E-state index contributed by atoms with van der Waals surface area (Å²) in [4.78, 5) is 0. The van der Waals surface area contributed by atoms with Crippen molar-refractivity contribution in [2.45, 2.75) is 118 Å². The second-order valence-electron chi connectivity index (χ2n) is 13.6. The Balaban J connectivity index is 1.59. The minimum absolute atomic E-state index is 0.0587. The van der Waals surface area contributed by atoms with Gasteiger partial charge >= 0.3 is 0 Å². The van der Waals surface area contributed by atoms with Crippen LogP contribution in [-0.4, -0.2) is 33.6 Å². The van der Waals surface area contributed by atoms with Crippen molar-refractivity contribution in [2.24, 2.45) is 51.8 Å². The van der Waals surface area contributed by atoms with Crippen molar-refractivity contribution in [2.75, 3.05) is 0 Å². The van der Waals surface area contributed by atoms with E-state index < -0.39 is 0 Å². The summed E-state index contributed by atoms with van der Waals surface area (Å²) in [6.45, 7) is 14.2. The van der Waals surface area contributed by atoms with Gasteiger partial charge in [0, 0.05) is 0 Å². The second-order valence-corrected chi connectivity index (χ2v) is 13.6. The van der Waals surface area contributed by atoms with Crippen molar-refractivity contribution >= 4 is 0 Å². The van der Waals surface area contributed by atoms with E-state index in [2.05, 4.69) is 41.5 Å². The standard InChI is InChI=1S/C27H48O3/c1-16(9-11-25(2,3)4)19-7-8-20-24-21(15-23(30)27(19,20)6)26(5)12-10-18(28)13-17(26)14-22(24)29/h16-24,28-30H,7-15H2,1-6H3/t16?,17?,18?,19?,20?,21?,22?,23?,24?,26-,27+/m0/s1. The molecule has 30 heavy (non-hydrogen) atoms. The van der Waals surface area contributed by atoms with Gasteiger partial charge < -0.3 is 15.3 Å². The molecule has 0 bridgehead atoms. The van der Waals surface area contributed by atoms with Crippen LogP contribution in [0.1, 0.15) is 99.3 Å². The Bertz CT molecular complexity index is 626. The van der Waals surface area contributed by atoms with Crippen LogP contribution < -0.4 is 0 Å². The molecule has 3 N–H and O–H groups in total. The Morgan fingerprint density at radius 2 is 1.63 bits per heavy atom. The zero-order chi connectivity index (χ0) is 22.1. The van der Waals surface area contributed by atoms with Gasteiger partial charge in [-0.2, -0.15) is 0 Å². The largest absolute Gasteiger partial charge is 0.393 e. The van der Waals surface area contributed by atoms with Crippen LogP contribution in [0.5, 0.6) is 0 Å². The summed E-state index contributed by atoms with van der Waals surface area (Å²) in [5.41, 5.74) is 0.469. The lowest BCUT2D eigenvalue weighted by molar-refractivity contribution is -0.207. The molecule has 0 aromatic carbocycles. The first-order valence-corrected chi connectivity index (χ1v) is 12.9. The number of hydrogen-bond donors (Lipinski definition) is 3. The van der Waals surface area contributed by atoms with Gasteiger partial charge in [-0.1, -0.05) is 41.5 Å². The topological polar surface area (TPSA) is 60.7 Å². The molecule has 0 amide bonds. The van der Waals surface area contributed by atoms with E-state index in [1.807, 2.05) is 0 Å². The fourth-order valence-electron chi connectivity index (χ4n) is 8.99. The quantitative estimate of drug-likeness (QED) is 0.572. The molecular formula is C27H48O3. The van der Waals surface area contributed by atoms with Gasteiger partial charge in [-0.25, -0.2) is 0 Å². The lowest BCUT2D eigenvalue weighted by Gasteiger charge is -2.63. The van der Waals surface area contributed by atoms with Gasteiger partial charge in [-0.15, -0.1) is 0 Å². The van der Waals surface area contributed by atoms with E-state index in [0.717, 1.165) is 32.1 Å². The highest BCUT2D eigenvalue weighted by molar-refractivity contribution is 5.14. The van der Waals surface area contributed by atoms with Crippen LogP contribution in [0.3, 0.4) is 0 Å². The summed E-state index contributed by atoms with van der Waals surface area (Å²) in [5, 5.41) is 33.3. The molecule has 0 radical (unpaired) electrons. The van der Waals surface area contributed by atoms with E-state index in [-0.39, 0.29) is 29.1 Å². The van der Waals surface area contributed by atoms with E-state index in [4.69, 9.17) is 0 Å². The van der Waals surface area contributed by atoms with Crippen LogP contribution in [0.15, 0.2) is 0 Å². The fourth-order valence-corrected chi connectivity index (χ4v) is 8.99. The molecule has 0 aliphatic heterocycles. The summed E-state index contributed by atoms with van der Waals surface area (Å²) in [7, 11) is 0. The van der Waals surface area contributed by atoms with Crippen LogP contribution in [0.2, 0.25) is 0 Å². The van der Waals surface area contributed by atoms with E-state index in [1.54, 1.807) is 0 Å². The number of aliphatic hydroxyl groups is 3. The van der Waals surface area contributed by atoms with Crippen LogP contribution in [-0.2, 0) is 0 Å². The van der Waals surface area contributed by atoms with Gasteiger partial charge in [0.05, 0.1) is 18.3 Å². The molecule has 3 nitrogen and oxygen atoms in total. The third-order valence-electron chi connectivity index (χ3n) is 10.9. The second kappa shape index (κ2) is 7.73. The summed E-state index contributed by atoms with van der Waals surface area (Å²) >= 11 is 0. The van der Waals surface area contributed by atoms with E-state index in [1.165, 1.54) is 25.7 Å². The van der Waals surface area contributed by atoms with Gasteiger partial charge in [0.1, 0.15) is 0 Å². The average molecular weight is 421 g/mol. The van der Waals surface area contributed by atoms with Gasteiger partial charge in [-0.3, -0.25) is 0 Å². The van der Waals surface area contributed by atoms with Crippen molar-refractivity contribution in [3.05, 3.63) is 0 Å². The summed E-state index contributed by atoms with van der Waals surface area (Å²) in [5.74, 6) is 2.75. The number of aliphatic hydroxyl groups excluding tert-OH is 3. The van der Waals surface area contributed by atoms with Crippen LogP contribution in [0.4, 0.5) is 0 Å². The summed E-state index contributed by atoms with van der Waals surface area (Å²) < 4.78 is 0. The fraction of sp³-hybridized carbons (Fsp3) is 1.00. The van der Waals surface area contributed by atoms with E-state index in [9.17, 15) is 15.3 Å². The van der Waals surface area contributed by atoms with Gasteiger partial charge in [-0.05, 0) is 110 Å². The molecule has 0 aromatic heterocycles. The van der Waals surface area contributed by atoms with Gasteiger partial charge in [0.2, 0.25) is 0 Å².